The van der Waals surface area contributed by atoms with Crippen molar-refractivity contribution in [1.82, 2.24) is 0 Å². The number of rotatable bonds is 3. The summed E-state index contributed by atoms with van der Waals surface area (Å²) >= 11 is 0. The maximum Gasteiger partial charge on any atom is 0.0905 e. The average Bonchev–Trinajstić information content (AvgIpc) is 2.11. The van der Waals surface area contributed by atoms with E-state index in [2.05, 4.69) is 11.9 Å². The van der Waals surface area contributed by atoms with Gasteiger partial charge in [-0.2, -0.15) is 0 Å². The smallest absolute Gasteiger partial charge is 0.0905 e. The number of nitrogens with two attached hydrogens (primary N) is 1. The van der Waals surface area contributed by atoms with Crippen LogP contribution in [0.2, 0.25) is 0 Å². The molecule has 4 aliphatic rings. The first-order valence-corrected chi connectivity index (χ1v) is 7.25. The van der Waals surface area contributed by atoms with Crippen molar-refractivity contribution in [2.45, 2.75) is 58.8 Å². The molecule has 2 N–H and O–H groups in total. The van der Waals surface area contributed by atoms with Gasteiger partial charge in [0.15, 0.2) is 0 Å². The molecule has 0 aliphatic heterocycles. The summed E-state index contributed by atoms with van der Waals surface area (Å²) in [6, 6.07) is 0. The third-order valence-electron chi connectivity index (χ3n) is 5.48. The zero-order chi connectivity index (χ0) is 12.1. The van der Waals surface area contributed by atoms with Crippen molar-refractivity contribution in [3.05, 3.63) is 0 Å². The number of amidine groups is 1. The van der Waals surface area contributed by atoms with Crippen LogP contribution in [0.15, 0.2) is 4.99 Å². The molecule has 0 saturated heterocycles. The van der Waals surface area contributed by atoms with E-state index < -0.39 is 0 Å². The molecule has 4 fully saturated rings. The fraction of sp³-hybridized carbons (Fsp3) is 0.933. The molecule has 4 rings (SSSR count). The molecule has 4 aliphatic carbocycles. The normalized spacial score (nSPS) is 48.7. The SMILES string of the molecule is CC(N)=NCCC12CC3CC(CC(C)(C3)C1)C2. The van der Waals surface area contributed by atoms with Gasteiger partial charge in [0.05, 0.1) is 5.84 Å². The van der Waals surface area contributed by atoms with Crippen LogP contribution in [0.25, 0.3) is 0 Å². The van der Waals surface area contributed by atoms with Gasteiger partial charge in [0.2, 0.25) is 0 Å². The van der Waals surface area contributed by atoms with Crippen molar-refractivity contribution in [2.24, 2.45) is 33.4 Å². The molecular formula is C15H26N2. The lowest BCUT2D eigenvalue weighted by Crippen LogP contribution is -2.50. The highest BCUT2D eigenvalue weighted by molar-refractivity contribution is 5.77. The summed E-state index contributed by atoms with van der Waals surface area (Å²) in [7, 11) is 0. The topological polar surface area (TPSA) is 38.4 Å². The van der Waals surface area contributed by atoms with Crippen molar-refractivity contribution < 1.29 is 0 Å². The summed E-state index contributed by atoms with van der Waals surface area (Å²) in [6.07, 6.45) is 10.2. The summed E-state index contributed by atoms with van der Waals surface area (Å²) in [5.74, 6) is 2.81. The first-order valence-electron chi connectivity index (χ1n) is 7.25. The Morgan fingerprint density at radius 3 is 2.41 bits per heavy atom. The molecule has 0 spiro atoms. The van der Waals surface area contributed by atoms with Crippen LogP contribution in [0.5, 0.6) is 0 Å². The Bertz CT molecular complexity index is 327. The van der Waals surface area contributed by atoms with Crippen molar-refractivity contribution in [3.63, 3.8) is 0 Å². The van der Waals surface area contributed by atoms with Gasteiger partial charge in [-0.1, -0.05) is 6.92 Å². The molecule has 0 radical (unpaired) electrons. The molecule has 2 unspecified atom stereocenters. The molecule has 0 aromatic carbocycles. The Morgan fingerprint density at radius 2 is 1.88 bits per heavy atom. The second-order valence-corrected chi connectivity index (χ2v) is 7.54. The fourth-order valence-corrected chi connectivity index (χ4v) is 5.69. The summed E-state index contributed by atoms with van der Waals surface area (Å²) < 4.78 is 0. The highest BCUT2D eigenvalue weighted by Gasteiger charge is 2.55. The first-order chi connectivity index (χ1) is 7.99. The lowest BCUT2D eigenvalue weighted by molar-refractivity contribution is -0.104. The molecule has 2 nitrogen and oxygen atoms in total. The number of aliphatic imine (C=N–C) groups is 1. The van der Waals surface area contributed by atoms with Crippen LogP contribution in [0.1, 0.15) is 58.8 Å². The van der Waals surface area contributed by atoms with Gasteiger partial charge < -0.3 is 5.73 Å². The predicted octanol–water partition coefficient (Wildman–Crippen LogP) is 3.36. The quantitative estimate of drug-likeness (QED) is 0.590. The third-order valence-corrected chi connectivity index (χ3v) is 5.48. The summed E-state index contributed by atoms with van der Waals surface area (Å²) in [5.41, 5.74) is 6.95. The summed E-state index contributed by atoms with van der Waals surface area (Å²) in [5, 5.41) is 0. The average molecular weight is 234 g/mol. The molecule has 2 heteroatoms. The minimum Gasteiger partial charge on any atom is -0.388 e. The van der Waals surface area contributed by atoms with Crippen LogP contribution in [-0.4, -0.2) is 12.4 Å². The summed E-state index contributed by atoms with van der Waals surface area (Å²) in [4.78, 5) is 4.42. The number of hydrogen-bond donors (Lipinski definition) is 1. The van der Waals surface area contributed by atoms with E-state index in [-0.39, 0.29) is 0 Å². The van der Waals surface area contributed by atoms with Crippen LogP contribution in [0.3, 0.4) is 0 Å². The minimum atomic E-state index is 0.637. The van der Waals surface area contributed by atoms with Crippen molar-refractivity contribution in [3.8, 4) is 0 Å². The number of nitrogens with zero attached hydrogens (tertiary/aromatic N) is 1. The molecule has 2 atom stereocenters. The van der Waals surface area contributed by atoms with E-state index in [0.29, 0.717) is 10.8 Å². The molecule has 96 valence electrons. The van der Waals surface area contributed by atoms with Gasteiger partial charge >= 0.3 is 0 Å². The van der Waals surface area contributed by atoms with Crippen LogP contribution < -0.4 is 5.73 Å². The zero-order valence-electron chi connectivity index (χ0n) is 11.3. The van der Waals surface area contributed by atoms with Crippen molar-refractivity contribution in [2.75, 3.05) is 6.54 Å². The van der Waals surface area contributed by atoms with Crippen LogP contribution in [-0.2, 0) is 0 Å². The van der Waals surface area contributed by atoms with E-state index in [0.717, 1.165) is 24.2 Å². The van der Waals surface area contributed by atoms with Gasteiger partial charge in [0.25, 0.3) is 0 Å². The van der Waals surface area contributed by atoms with Gasteiger partial charge in [-0.25, -0.2) is 0 Å². The summed E-state index contributed by atoms with van der Waals surface area (Å²) in [6.45, 7) is 5.40. The molecule has 0 amide bonds. The molecule has 0 heterocycles. The van der Waals surface area contributed by atoms with Gasteiger partial charge in [-0.05, 0) is 74.5 Å². The van der Waals surface area contributed by atoms with E-state index in [9.17, 15) is 0 Å². The Balaban J connectivity index is 1.72. The Kier molecular flexibility index (Phi) is 2.53. The molecule has 0 aromatic heterocycles. The van der Waals surface area contributed by atoms with E-state index >= 15 is 0 Å². The molecule has 17 heavy (non-hydrogen) atoms. The second kappa shape index (κ2) is 3.73. The zero-order valence-corrected chi connectivity index (χ0v) is 11.3. The Labute approximate surface area is 105 Å². The Morgan fingerprint density at radius 1 is 1.24 bits per heavy atom. The van der Waals surface area contributed by atoms with E-state index in [1.54, 1.807) is 0 Å². The lowest BCUT2D eigenvalue weighted by Gasteiger charge is -2.61. The van der Waals surface area contributed by atoms with E-state index in [1.165, 1.54) is 44.9 Å². The third kappa shape index (κ3) is 2.11. The van der Waals surface area contributed by atoms with Crippen LogP contribution >= 0.6 is 0 Å². The molecule has 4 saturated carbocycles. The lowest BCUT2D eigenvalue weighted by atomic mass is 9.44. The highest BCUT2D eigenvalue weighted by Crippen LogP contribution is 2.66. The standard InChI is InChI=1S/C15H26N2/c1-11(16)17-4-3-15-8-12-5-13(9-15)7-14(2,6-12)10-15/h12-13H,3-10H2,1-2H3,(H2,16,17). The molecule has 0 aromatic rings. The largest absolute Gasteiger partial charge is 0.388 e. The predicted molar refractivity (Wildman–Crippen MR) is 72.0 cm³/mol. The number of hydrogen-bond acceptors (Lipinski definition) is 1. The maximum atomic E-state index is 5.65. The monoisotopic (exact) mass is 234 g/mol. The van der Waals surface area contributed by atoms with Crippen molar-refractivity contribution >= 4 is 5.84 Å². The van der Waals surface area contributed by atoms with E-state index in [1.807, 2.05) is 6.92 Å². The van der Waals surface area contributed by atoms with Crippen LogP contribution in [0.4, 0.5) is 0 Å². The maximum absolute atomic E-state index is 5.65. The first kappa shape index (κ1) is 11.6. The Hall–Kier alpha value is -0.530. The van der Waals surface area contributed by atoms with E-state index in [4.69, 9.17) is 5.73 Å². The molecule has 4 bridgehead atoms. The van der Waals surface area contributed by atoms with Gasteiger partial charge in [-0.15, -0.1) is 0 Å². The van der Waals surface area contributed by atoms with Gasteiger partial charge in [-0.3, -0.25) is 4.99 Å². The van der Waals surface area contributed by atoms with Gasteiger partial charge in [0, 0.05) is 6.54 Å². The highest BCUT2D eigenvalue weighted by atomic mass is 14.8. The van der Waals surface area contributed by atoms with Gasteiger partial charge in [0.1, 0.15) is 0 Å². The van der Waals surface area contributed by atoms with Crippen LogP contribution in [0, 0.1) is 22.7 Å². The van der Waals surface area contributed by atoms with Crippen molar-refractivity contribution in [1.29, 1.82) is 0 Å². The second-order valence-electron chi connectivity index (χ2n) is 7.54. The molecular weight excluding hydrogens is 208 g/mol. The minimum absolute atomic E-state index is 0.637. The fourth-order valence-electron chi connectivity index (χ4n) is 5.69.